The van der Waals surface area contributed by atoms with Crippen LogP contribution in [-0.4, -0.2) is 37.5 Å². The lowest BCUT2D eigenvalue weighted by Gasteiger charge is -2.12. The predicted molar refractivity (Wildman–Crippen MR) is 79.3 cm³/mol. The number of hydrogen-bond acceptors (Lipinski definition) is 3. The summed E-state index contributed by atoms with van der Waals surface area (Å²) in [4.78, 5) is 15.2. The van der Waals surface area contributed by atoms with Crippen molar-refractivity contribution in [2.24, 2.45) is 5.92 Å². The number of carbonyl (C=O) groups is 1. The molecule has 0 spiro atoms. The molecule has 1 amide bonds. The van der Waals surface area contributed by atoms with Gasteiger partial charge in [0.25, 0.3) is 5.91 Å². The van der Waals surface area contributed by atoms with Crippen LogP contribution in [0.25, 0.3) is 0 Å². The fourth-order valence-electron chi connectivity index (χ4n) is 2.21. The molecule has 1 aromatic carbocycles. The Morgan fingerprint density at radius 1 is 1.61 bits per heavy atom. The highest BCUT2D eigenvalue weighted by molar-refractivity contribution is 9.10. The van der Waals surface area contributed by atoms with Crippen LogP contribution in [0.4, 0.5) is 0 Å². The Bertz CT molecular complexity index is 453. The molecule has 18 heavy (non-hydrogen) atoms. The molecule has 98 valence electrons. The number of nitrogens with zero attached hydrogens (tertiary/aromatic N) is 1. The van der Waals surface area contributed by atoms with E-state index in [9.17, 15) is 4.79 Å². The quantitative estimate of drug-likeness (QED) is 0.835. The molecule has 0 saturated carbocycles. The lowest BCUT2D eigenvalue weighted by atomic mass is 10.1. The maximum Gasteiger partial charge on any atom is 0.252 e. The lowest BCUT2D eigenvalue weighted by molar-refractivity contribution is 0.0946. The van der Waals surface area contributed by atoms with Gasteiger partial charge in [-0.1, -0.05) is 0 Å². The molecule has 1 heterocycles. The third kappa shape index (κ3) is 3.49. The maximum absolute atomic E-state index is 12.1. The van der Waals surface area contributed by atoms with Crippen LogP contribution in [0.5, 0.6) is 0 Å². The van der Waals surface area contributed by atoms with E-state index < -0.39 is 0 Å². The molecule has 1 saturated heterocycles. The van der Waals surface area contributed by atoms with Gasteiger partial charge in [-0.05, 0) is 60.1 Å². The molecule has 3 nitrogen and oxygen atoms in total. The Hall–Kier alpha value is -0.520. The molecule has 1 N–H and O–H groups in total. The van der Waals surface area contributed by atoms with Gasteiger partial charge in [0.15, 0.2) is 0 Å². The van der Waals surface area contributed by atoms with Crippen molar-refractivity contribution in [1.82, 2.24) is 10.2 Å². The third-order valence-electron chi connectivity index (χ3n) is 3.23. The summed E-state index contributed by atoms with van der Waals surface area (Å²) in [5.74, 6) is 0.532. The SMILES string of the molecule is CN1CCC(CNC(=O)c2cc(S)ccc2Br)C1. The minimum atomic E-state index is -0.0349. The van der Waals surface area contributed by atoms with Gasteiger partial charge < -0.3 is 10.2 Å². The van der Waals surface area contributed by atoms with E-state index in [1.165, 1.54) is 0 Å². The summed E-state index contributed by atoms with van der Waals surface area (Å²) in [6.07, 6.45) is 1.16. The first-order valence-corrected chi connectivity index (χ1v) is 7.25. The molecule has 0 radical (unpaired) electrons. The summed E-state index contributed by atoms with van der Waals surface area (Å²) in [6, 6.07) is 5.49. The van der Waals surface area contributed by atoms with E-state index in [0.717, 1.165) is 35.4 Å². The molecule has 0 aliphatic carbocycles. The minimum absolute atomic E-state index is 0.0349. The zero-order chi connectivity index (χ0) is 13.1. The van der Waals surface area contributed by atoms with Crippen molar-refractivity contribution < 1.29 is 4.79 Å². The van der Waals surface area contributed by atoms with Gasteiger partial charge in [0.05, 0.1) is 5.56 Å². The number of carbonyl (C=O) groups excluding carboxylic acids is 1. The molecule has 1 fully saturated rings. The Kier molecular flexibility index (Phi) is 4.70. The van der Waals surface area contributed by atoms with Gasteiger partial charge in [-0.15, -0.1) is 12.6 Å². The normalized spacial score (nSPS) is 20.1. The second-order valence-electron chi connectivity index (χ2n) is 4.79. The van der Waals surface area contributed by atoms with Crippen LogP contribution in [-0.2, 0) is 0 Å². The van der Waals surface area contributed by atoms with Crippen LogP contribution in [0.3, 0.4) is 0 Å². The number of rotatable bonds is 3. The van der Waals surface area contributed by atoms with Crippen molar-refractivity contribution in [3.8, 4) is 0 Å². The second-order valence-corrected chi connectivity index (χ2v) is 6.16. The monoisotopic (exact) mass is 328 g/mol. The van der Waals surface area contributed by atoms with E-state index in [4.69, 9.17) is 0 Å². The molecular weight excluding hydrogens is 312 g/mol. The molecule has 0 bridgehead atoms. The van der Waals surface area contributed by atoms with Gasteiger partial charge in [-0.25, -0.2) is 0 Å². The fraction of sp³-hybridized carbons (Fsp3) is 0.462. The number of nitrogens with one attached hydrogen (secondary N) is 1. The summed E-state index contributed by atoms with van der Waals surface area (Å²) in [5.41, 5.74) is 0.647. The second kappa shape index (κ2) is 6.08. The van der Waals surface area contributed by atoms with Crippen molar-refractivity contribution in [1.29, 1.82) is 0 Å². The smallest absolute Gasteiger partial charge is 0.252 e. The van der Waals surface area contributed by atoms with Gasteiger partial charge in [0.2, 0.25) is 0 Å². The number of thiol groups is 1. The largest absolute Gasteiger partial charge is 0.352 e. The molecule has 1 aliphatic rings. The zero-order valence-corrected chi connectivity index (χ0v) is 12.8. The van der Waals surface area contributed by atoms with Crippen molar-refractivity contribution in [2.45, 2.75) is 11.3 Å². The van der Waals surface area contributed by atoms with Crippen molar-refractivity contribution in [3.05, 3.63) is 28.2 Å². The highest BCUT2D eigenvalue weighted by atomic mass is 79.9. The summed E-state index contributed by atoms with van der Waals surface area (Å²) in [6.45, 7) is 2.93. The van der Waals surface area contributed by atoms with E-state index in [-0.39, 0.29) is 5.91 Å². The number of likely N-dealkylation sites (tertiary alicyclic amines) is 1. The number of amides is 1. The summed E-state index contributed by atoms with van der Waals surface area (Å²) in [7, 11) is 2.11. The van der Waals surface area contributed by atoms with E-state index in [1.807, 2.05) is 12.1 Å². The molecule has 2 rings (SSSR count). The topological polar surface area (TPSA) is 32.3 Å². The first kappa shape index (κ1) is 13.9. The number of benzene rings is 1. The molecule has 1 aliphatic heterocycles. The van der Waals surface area contributed by atoms with Gasteiger partial charge in [-0.3, -0.25) is 4.79 Å². The molecule has 1 unspecified atom stereocenters. The van der Waals surface area contributed by atoms with E-state index in [2.05, 4.69) is 45.8 Å². The van der Waals surface area contributed by atoms with Crippen molar-refractivity contribution >= 4 is 34.5 Å². The zero-order valence-electron chi connectivity index (χ0n) is 10.3. The average molecular weight is 329 g/mol. The van der Waals surface area contributed by atoms with E-state index in [1.54, 1.807) is 6.07 Å². The first-order valence-electron chi connectivity index (χ1n) is 6.01. The van der Waals surface area contributed by atoms with Crippen molar-refractivity contribution in [3.63, 3.8) is 0 Å². The van der Waals surface area contributed by atoms with Crippen LogP contribution in [0, 0.1) is 5.92 Å². The summed E-state index contributed by atoms with van der Waals surface area (Å²) in [5, 5.41) is 3.00. The highest BCUT2D eigenvalue weighted by Crippen LogP contribution is 2.20. The van der Waals surface area contributed by atoms with Gasteiger partial charge in [-0.2, -0.15) is 0 Å². The third-order valence-corrected chi connectivity index (χ3v) is 4.20. The summed E-state index contributed by atoms with van der Waals surface area (Å²) >= 11 is 7.65. The fourth-order valence-corrected chi connectivity index (χ4v) is 2.84. The van der Waals surface area contributed by atoms with Gasteiger partial charge >= 0.3 is 0 Å². The van der Waals surface area contributed by atoms with Gasteiger partial charge in [0.1, 0.15) is 0 Å². The number of hydrogen-bond donors (Lipinski definition) is 2. The first-order chi connectivity index (χ1) is 8.56. The van der Waals surface area contributed by atoms with Crippen LogP contribution >= 0.6 is 28.6 Å². The van der Waals surface area contributed by atoms with Crippen LogP contribution in [0.2, 0.25) is 0 Å². The maximum atomic E-state index is 12.1. The number of halogens is 1. The Balaban J connectivity index is 1.93. The van der Waals surface area contributed by atoms with Crippen LogP contribution < -0.4 is 5.32 Å². The minimum Gasteiger partial charge on any atom is -0.352 e. The molecule has 5 heteroatoms. The predicted octanol–water partition coefficient (Wildman–Crippen LogP) is 2.42. The van der Waals surface area contributed by atoms with E-state index >= 15 is 0 Å². The molecule has 0 aromatic heterocycles. The lowest BCUT2D eigenvalue weighted by Crippen LogP contribution is -2.30. The van der Waals surface area contributed by atoms with Crippen LogP contribution in [0.15, 0.2) is 27.6 Å². The molecule has 1 atom stereocenters. The Morgan fingerprint density at radius 2 is 2.39 bits per heavy atom. The van der Waals surface area contributed by atoms with Gasteiger partial charge in [0, 0.05) is 22.5 Å². The Labute approximate surface area is 121 Å². The van der Waals surface area contributed by atoms with Crippen LogP contribution in [0.1, 0.15) is 16.8 Å². The van der Waals surface area contributed by atoms with Crippen molar-refractivity contribution in [2.75, 3.05) is 26.7 Å². The summed E-state index contributed by atoms with van der Waals surface area (Å²) < 4.78 is 0.807. The highest BCUT2D eigenvalue weighted by Gasteiger charge is 2.20. The standard InChI is InChI=1S/C13H17BrN2OS/c1-16-5-4-9(8-16)7-15-13(17)11-6-10(18)2-3-12(11)14/h2-3,6,9,18H,4-5,7-8H2,1H3,(H,15,17). The molecular formula is C13H17BrN2OS. The molecule has 1 aromatic rings. The van der Waals surface area contributed by atoms with E-state index in [0.29, 0.717) is 11.5 Å². The Morgan fingerprint density at radius 3 is 3.06 bits per heavy atom. The average Bonchev–Trinajstić information content (AvgIpc) is 2.75.